The number of hydrogen-bond donors (Lipinski definition) is 0. The molecule has 0 radical (unpaired) electrons. The van der Waals surface area contributed by atoms with E-state index in [4.69, 9.17) is 9.47 Å². The number of hydrogen-bond acceptors (Lipinski definition) is 7. The van der Waals surface area contributed by atoms with Gasteiger partial charge in [-0.25, -0.2) is 8.42 Å². The number of benzene rings is 2. The monoisotopic (exact) mass is 531 g/mol. The molecular weight excluding hydrogens is 502 g/mol. The minimum atomic E-state index is -3.61. The van der Waals surface area contributed by atoms with E-state index >= 15 is 0 Å². The van der Waals surface area contributed by atoms with Crippen molar-refractivity contribution >= 4 is 43.5 Å². The van der Waals surface area contributed by atoms with Crippen molar-refractivity contribution < 1.29 is 27.5 Å². The van der Waals surface area contributed by atoms with Gasteiger partial charge in [0, 0.05) is 18.7 Å². The van der Waals surface area contributed by atoms with Gasteiger partial charge in [0.25, 0.3) is 5.91 Å². The van der Waals surface area contributed by atoms with E-state index in [1.54, 1.807) is 30.7 Å². The van der Waals surface area contributed by atoms with E-state index in [2.05, 4.69) is 11.9 Å². The fourth-order valence-corrected chi connectivity index (χ4v) is 6.58. The highest BCUT2D eigenvalue weighted by Gasteiger charge is 2.28. The molecule has 0 spiro atoms. The maximum absolute atomic E-state index is 13.0. The number of fused-ring (bicyclic) bond motifs is 1. The first-order chi connectivity index (χ1) is 17.2. The number of thiazole rings is 1. The molecule has 1 aromatic heterocycles. The van der Waals surface area contributed by atoms with Crippen molar-refractivity contribution in [2.24, 2.45) is 10.9 Å². The van der Waals surface area contributed by atoms with Crippen molar-refractivity contribution in [3.63, 3.8) is 0 Å². The van der Waals surface area contributed by atoms with Gasteiger partial charge in [0.1, 0.15) is 12.3 Å². The van der Waals surface area contributed by atoms with Crippen LogP contribution in [0.1, 0.15) is 37.0 Å². The Labute approximate surface area is 214 Å². The maximum atomic E-state index is 13.0. The van der Waals surface area contributed by atoms with E-state index in [0.717, 1.165) is 23.1 Å². The number of esters is 1. The van der Waals surface area contributed by atoms with Crippen LogP contribution in [0.15, 0.2) is 52.4 Å². The Morgan fingerprint density at radius 1 is 1.11 bits per heavy atom. The van der Waals surface area contributed by atoms with Gasteiger partial charge in [-0.05, 0) is 68.1 Å². The number of amides is 1. The first kappa shape index (κ1) is 26.1. The quantitative estimate of drug-likeness (QED) is 0.433. The summed E-state index contributed by atoms with van der Waals surface area (Å²) in [4.78, 5) is 30.0. The molecule has 0 N–H and O–H groups in total. The van der Waals surface area contributed by atoms with Gasteiger partial charge in [-0.15, -0.1) is 0 Å². The third-order valence-electron chi connectivity index (χ3n) is 6.16. The normalized spacial score (nSPS) is 15.8. The largest absolute Gasteiger partial charge is 0.497 e. The minimum absolute atomic E-state index is 0.0993. The highest BCUT2D eigenvalue weighted by Crippen LogP contribution is 2.25. The van der Waals surface area contributed by atoms with Gasteiger partial charge in [-0.1, -0.05) is 18.3 Å². The number of piperidine rings is 1. The molecule has 1 aliphatic heterocycles. The molecule has 1 fully saturated rings. The molecule has 2 heterocycles. The van der Waals surface area contributed by atoms with Crippen molar-refractivity contribution in [3.8, 4) is 5.75 Å². The lowest BCUT2D eigenvalue weighted by molar-refractivity contribution is -0.143. The summed E-state index contributed by atoms with van der Waals surface area (Å²) in [6.07, 6.45) is 1.67. The summed E-state index contributed by atoms with van der Waals surface area (Å²) in [6.45, 7) is 4.98. The number of ether oxygens (including phenoxy) is 2. The smallest absolute Gasteiger partial charge is 0.326 e. The van der Waals surface area contributed by atoms with Crippen molar-refractivity contribution in [2.75, 3.05) is 26.8 Å². The molecule has 3 aromatic rings. The van der Waals surface area contributed by atoms with Gasteiger partial charge in [0.15, 0.2) is 4.80 Å². The van der Waals surface area contributed by atoms with E-state index in [-0.39, 0.29) is 23.6 Å². The van der Waals surface area contributed by atoms with Crippen LogP contribution in [0, 0.1) is 5.92 Å². The van der Waals surface area contributed by atoms with E-state index in [1.165, 1.54) is 39.9 Å². The van der Waals surface area contributed by atoms with Gasteiger partial charge in [0.05, 0.1) is 28.8 Å². The zero-order valence-electron chi connectivity index (χ0n) is 20.5. The van der Waals surface area contributed by atoms with Gasteiger partial charge < -0.3 is 14.0 Å². The first-order valence-corrected chi connectivity index (χ1v) is 14.0. The third-order valence-corrected chi connectivity index (χ3v) is 9.12. The lowest BCUT2D eigenvalue weighted by atomic mass is 10.0. The average Bonchev–Trinajstić information content (AvgIpc) is 3.20. The number of sulfonamides is 1. The second kappa shape index (κ2) is 10.9. The topological polar surface area (TPSA) is 107 Å². The lowest BCUT2D eigenvalue weighted by Gasteiger charge is -2.29. The predicted octanol–water partition coefficient (Wildman–Crippen LogP) is 3.44. The average molecular weight is 532 g/mol. The lowest BCUT2D eigenvalue weighted by Crippen LogP contribution is -2.37. The first-order valence-electron chi connectivity index (χ1n) is 11.7. The van der Waals surface area contributed by atoms with Gasteiger partial charge >= 0.3 is 5.97 Å². The Balaban J connectivity index is 1.64. The molecule has 0 atom stereocenters. The molecule has 36 heavy (non-hydrogen) atoms. The molecule has 0 saturated carbocycles. The zero-order chi connectivity index (χ0) is 25.9. The molecule has 0 unspecified atom stereocenters. The fourth-order valence-electron chi connectivity index (χ4n) is 4.05. The molecule has 4 rings (SSSR count). The van der Waals surface area contributed by atoms with Crippen LogP contribution in [0.25, 0.3) is 10.2 Å². The zero-order valence-corrected chi connectivity index (χ0v) is 22.1. The standard InChI is InChI=1S/C25H29N3O6S2/c1-4-34-23(29)16-28-21-10-7-19(33-3)15-22(21)35-25(28)26-24(30)18-5-8-20(9-6-18)36(31,32)27-13-11-17(2)12-14-27/h5-10,15,17H,4,11-14,16H2,1-3H3. The van der Waals surface area contributed by atoms with Crippen molar-refractivity contribution in [1.29, 1.82) is 0 Å². The highest BCUT2D eigenvalue weighted by molar-refractivity contribution is 7.89. The van der Waals surface area contributed by atoms with Crippen LogP contribution >= 0.6 is 11.3 Å². The van der Waals surface area contributed by atoms with E-state index in [0.29, 0.717) is 29.6 Å². The van der Waals surface area contributed by atoms with Crippen LogP contribution in [0.5, 0.6) is 5.75 Å². The number of nitrogens with zero attached hydrogens (tertiary/aromatic N) is 3. The molecule has 0 aliphatic carbocycles. The molecule has 2 aromatic carbocycles. The second-order valence-corrected chi connectivity index (χ2v) is 11.6. The van der Waals surface area contributed by atoms with Crippen LogP contribution in [0.4, 0.5) is 0 Å². The SMILES string of the molecule is CCOC(=O)Cn1c(=NC(=O)c2ccc(S(=O)(=O)N3CCC(C)CC3)cc2)sc2cc(OC)ccc21. The summed E-state index contributed by atoms with van der Waals surface area (Å²) in [7, 11) is -2.05. The van der Waals surface area contributed by atoms with Crippen molar-refractivity contribution in [3.05, 3.63) is 52.8 Å². The Kier molecular flexibility index (Phi) is 7.91. The van der Waals surface area contributed by atoms with Crippen LogP contribution in [-0.4, -0.2) is 56.0 Å². The number of carbonyl (C=O) groups is 2. The molecule has 1 amide bonds. The number of rotatable bonds is 7. The summed E-state index contributed by atoms with van der Waals surface area (Å²) in [6, 6.07) is 11.2. The molecule has 1 saturated heterocycles. The Hall–Kier alpha value is -3.02. The minimum Gasteiger partial charge on any atom is -0.497 e. The van der Waals surface area contributed by atoms with Crippen LogP contribution < -0.4 is 9.54 Å². The summed E-state index contributed by atoms with van der Waals surface area (Å²) in [5.74, 6) is 0.176. The Morgan fingerprint density at radius 3 is 2.44 bits per heavy atom. The van der Waals surface area contributed by atoms with Crippen LogP contribution in [-0.2, 0) is 26.1 Å². The third kappa shape index (κ3) is 5.53. The van der Waals surface area contributed by atoms with Gasteiger partial charge in [-0.3, -0.25) is 9.59 Å². The Morgan fingerprint density at radius 2 is 1.81 bits per heavy atom. The maximum Gasteiger partial charge on any atom is 0.326 e. The molecule has 0 bridgehead atoms. The molecule has 9 nitrogen and oxygen atoms in total. The summed E-state index contributed by atoms with van der Waals surface area (Å²) < 4.78 is 40.3. The molecule has 192 valence electrons. The summed E-state index contributed by atoms with van der Waals surface area (Å²) in [5, 5.41) is 0. The van der Waals surface area contributed by atoms with E-state index in [1.807, 2.05) is 6.07 Å². The van der Waals surface area contributed by atoms with Gasteiger partial charge in [-0.2, -0.15) is 9.30 Å². The fraction of sp³-hybridized carbons (Fsp3) is 0.400. The van der Waals surface area contributed by atoms with Crippen LogP contribution in [0.2, 0.25) is 0 Å². The van der Waals surface area contributed by atoms with E-state index in [9.17, 15) is 18.0 Å². The van der Waals surface area contributed by atoms with Crippen molar-refractivity contribution in [2.45, 2.75) is 38.1 Å². The molecular formula is C25H29N3O6S2. The van der Waals surface area contributed by atoms with Crippen molar-refractivity contribution in [1.82, 2.24) is 8.87 Å². The number of carbonyl (C=O) groups excluding carboxylic acids is 2. The highest BCUT2D eigenvalue weighted by atomic mass is 32.2. The number of aromatic nitrogens is 1. The number of methoxy groups -OCH3 is 1. The summed E-state index contributed by atoms with van der Waals surface area (Å²) in [5.41, 5.74) is 0.969. The van der Waals surface area contributed by atoms with E-state index < -0.39 is 21.9 Å². The van der Waals surface area contributed by atoms with Crippen LogP contribution in [0.3, 0.4) is 0 Å². The molecule has 1 aliphatic rings. The summed E-state index contributed by atoms with van der Waals surface area (Å²) >= 11 is 1.25. The van der Waals surface area contributed by atoms with Gasteiger partial charge in [0.2, 0.25) is 10.0 Å². The Bertz CT molecular complexity index is 1430. The molecule has 11 heteroatoms. The predicted molar refractivity (Wildman–Crippen MR) is 136 cm³/mol. The second-order valence-electron chi connectivity index (χ2n) is 8.64.